The molecular weight excluding hydrogens is 238 g/mol. The third kappa shape index (κ3) is 3.69. The molecule has 2 N–H and O–H groups in total. The molecule has 1 atom stereocenters. The molecule has 0 spiro atoms. The maximum Gasteiger partial charge on any atom is 0.117 e. The van der Waals surface area contributed by atoms with Gasteiger partial charge in [0.05, 0.1) is 16.9 Å². The number of β-amino-alcohol motifs (C(OH)–C–C–N with tert-alkyl or cyclic N) is 1. The fourth-order valence-electron chi connectivity index (χ4n) is 1.66. The third-order valence-corrected chi connectivity index (χ3v) is 2.84. The number of hydrogen-bond acceptors (Lipinski definition) is 3. The Kier molecular flexibility index (Phi) is 4.23. The quantitative estimate of drug-likeness (QED) is 0.871. The van der Waals surface area contributed by atoms with Gasteiger partial charge in [0.2, 0.25) is 0 Å². The SMILES string of the molecule is CCn1ncc(Cl)c1C(C)(O)CNC(C)(C)C. The molecule has 0 fully saturated rings. The normalized spacial score (nSPS) is 15.9. The molecule has 1 unspecified atom stereocenters. The molecule has 0 aliphatic carbocycles. The lowest BCUT2D eigenvalue weighted by Crippen LogP contribution is -2.45. The first-order valence-electron chi connectivity index (χ1n) is 5.86. The summed E-state index contributed by atoms with van der Waals surface area (Å²) in [5, 5.41) is 18.5. The molecule has 0 aliphatic rings. The molecule has 1 aromatic rings. The Balaban J connectivity index is 2.92. The minimum absolute atomic E-state index is 0.0481. The predicted molar refractivity (Wildman–Crippen MR) is 70.2 cm³/mol. The Hall–Kier alpha value is -0.580. The molecule has 1 aromatic heterocycles. The van der Waals surface area contributed by atoms with Crippen molar-refractivity contribution in [1.29, 1.82) is 0 Å². The lowest BCUT2D eigenvalue weighted by molar-refractivity contribution is 0.0413. The zero-order valence-electron chi connectivity index (χ0n) is 11.2. The number of aryl methyl sites for hydroxylation is 1. The Bertz CT molecular complexity index is 380. The molecular formula is C12H22ClN3O. The van der Waals surface area contributed by atoms with E-state index in [4.69, 9.17) is 11.6 Å². The van der Waals surface area contributed by atoms with Crippen molar-refractivity contribution in [3.63, 3.8) is 0 Å². The molecule has 5 heteroatoms. The Morgan fingerprint density at radius 1 is 1.41 bits per heavy atom. The van der Waals surface area contributed by atoms with Crippen LogP contribution in [0.3, 0.4) is 0 Å². The van der Waals surface area contributed by atoms with Crippen LogP contribution in [-0.4, -0.2) is 27.0 Å². The largest absolute Gasteiger partial charge is 0.382 e. The highest BCUT2D eigenvalue weighted by Crippen LogP contribution is 2.27. The van der Waals surface area contributed by atoms with Gasteiger partial charge in [-0.15, -0.1) is 0 Å². The van der Waals surface area contributed by atoms with E-state index in [0.29, 0.717) is 23.8 Å². The van der Waals surface area contributed by atoms with Crippen LogP contribution in [0.5, 0.6) is 0 Å². The highest BCUT2D eigenvalue weighted by Gasteiger charge is 2.31. The number of hydrogen-bond donors (Lipinski definition) is 2. The summed E-state index contributed by atoms with van der Waals surface area (Å²) in [6.07, 6.45) is 1.58. The number of halogens is 1. The van der Waals surface area contributed by atoms with Gasteiger partial charge in [-0.25, -0.2) is 0 Å². The van der Waals surface area contributed by atoms with Crippen molar-refractivity contribution in [2.24, 2.45) is 0 Å². The van der Waals surface area contributed by atoms with E-state index in [1.54, 1.807) is 17.8 Å². The zero-order valence-corrected chi connectivity index (χ0v) is 12.0. The fourth-order valence-corrected chi connectivity index (χ4v) is 2.00. The summed E-state index contributed by atoms with van der Waals surface area (Å²) in [5.41, 5.74) is -0.414. The van der Waals surface area contributed by atoms with Crippen LogP contribution in [0.2, 0.25) is 5.02 Å². The van der Waals surface area contributed by atoms with Crippen LogP contribution in [0.25, 0.3) is 0 Å². The highest BCUT2D eigenvalue weighted by atomic mass is 35.5. The molecule has 0 bridgehead atoms. The molecule has 0 aliphatic heterocycles. The molecule has 0 amide bonds. The van der Waals surface area contributed by atoms with Gasteiger partial charge < -0.3 is 10.4 Å². The van der Waals surface area contributed by atoms with E-state index < -0.39 is 5.60 Å². The van der Waals surface area contributed by atoms with Gasteiger partial charge in [0.15, 0.2) is 0 Å². The molecule has 0 radical (unpaired) electrons. The maximum atomic E-state index is 10.5. The number of nitrogens with zero attached hydrogens (tertiary/aromatic N) is 2. The summed E-state index contributed by atoms with van der Waals surface area (Å²) >= 11 is 6.09. The van der Waals surface area contributed by atoms with Crippen molar-refractivity contribution in [3.8, 4) is 0 Å². The van der Waals surface area contributed by atoms with Gasteiger partial charge in [-0.3, -0.25) is 4.68 Å². The van der Waals surface area contributed by atoms with Crippen LogP contribution >= 0.6 is 11.6 Å². The predicted octanol–water partition coefficient (Wildman–Crippen LogP) is 2.15. The Morgan fingerprint density at radius 2 is 2.00 bits per heavy atom. The maximum absolute atomic E-state index is 10.5. The Labute approximate surface area is 108 Å². The van der Waals surface area contributed by atoms with E-state index in [1.807, 2.05) is 6.92 Å². The van der Waals surface area contributed by atoms with Gasteiger partial charge in [-0.05, 0) is 34.6 Å². The highest BCUT2D eigenvalue weighted by molar-refractivity contribution is 6.31. The van der Waals surface area contributed by atoms with Gasteiger partial charge in [0.1, 0.15) is 5.60 Å². The molecule has 0 saturated carbocycles. The molecule has 17 heavy (non-hydrogen) atoms. The zero-order chi connectivity index (χ0) is 13.3. The number of rotatable bonds is 4. The van der Waals surface area contributed by atoms with E-state index in [2.05, 4.69) is 31.2 Å². The molecule has 1 heterocycles. The Morgan fingerprint density at radius 3 is 2.47 bits per heavy atom. The number of nitrogens with one attached hydrogen (secondary N) is 1. The number of aromatic nitrogens is 2. The minimum Gasteiger partial charge on any atom is -0.382 e. The van der Waals surface area contributed by atoms with Crippen molar-refractivity contribution in [2.45, 2.75) is 52.3 Å². The first-order valence-corrected chi connectivity index (χ1v) is 6.24. The molecule has 1 rings (SSSR count). The van der Waals surface area contributed by atoms with Crippen LogP contribution in [-0.2, 0) is 12.1 Å². The second kappa shape index (κ2) is 4.96. The second-order valence-electron chi connectivity index (χ2n) is 5.53. The lowest BCUT2D eigenvalue weighted by atomic mass is 10.00. The smallest absolute Gasteiger partial charge is 0.117 e. The van der Waals surface area contributed by atoms with Crippen LogP contribution < -0.4 is 5.32 Å². The average Bonchev–Trinajstić information content (AvgIpc) is 2.56. The van der Waals surface area contributed by atoms with Gasteiger partial charge in [0.25, 0.3) is 0 Å². The molecule has 0 aromatic carbocycles. The van der Waals surface area contributed by atoms with Crippen molar-refractivity contribution in [2.75, 3.05) is 6.54 Å². The summed E-state index contributed by atoms with van der Waals surface area (Å²) < 4.78 is 1.73. The summed E-state index contributed by atoms with van der Waals surface area (Å²) in [5.74, 6) is 0. The molecule has 4 nitrogen and oxygen atoms in total. The third-order valence-electron chi connectivity index (χ3n) is 2.57. The van der Waals surface area contributed by atoms with Crippen molar-refractivity contribution in [1.82, 2.24) is 15.1 Å². The van der Waals surface area contributed by atoms with Crippen LogP contribution in [0.15, 0.2) is 6.20 Å². The first-order chi connectivity index (χ1) is 7.67. The van der Waals surface area contributed by atoms with Gasteiger partial charge >= 0.3 is 0 Å². The monoisotopic (exact) mass is 259 g/mol. The van der Waals surface area contributed by atoms with Crippen molar-refractivity contribution in [3.05, 3.63) is 16.9 Å². The second-order valence-corrected chi connectivity index (χ2v) is 5.94. The number of aliphatic hydroxyl groups is 1. The lowest BCUT2D eigenvalue weighted by Gasteiger charge is -2.30. The molecule has 0 saturated heterocycles. The minimum atomic E-state index is -1.03. The van der Waals surface area contributed by atoms with Gasteiger partial charge in [0, 0.05) is 18.6 Å². The average molecular weight is 260 g/mol. The van der Waals surface area contributed by atoms with Crippen LogP contribution in [0.4, 0.5) is 0 Å². The van der Waals surface area contributed by atoms with E-state index in [0.717, 1.165) is 0 Å². The van der Waals surface area contributed by atoms with E-state index in [9.17, 15) is 5.11 Å². The topological polar surface area (TPSA) is 50.1 Å². The summed E-state index contributed by atoms with van der Waals surface area (Å²) in [4.78, 5) is 0. The summed E-state index contributed by atoms with van der Waals surface area (Å²) in [6, 6.07) is 0. The molecule has 98 valence electrons. The van der Waals surface area contributed by atoms with Crippen molar-refractivity contribution >= 4 is 11.6 Å². The van der Waals surface area contributed by atoms with Gasteiger partial charge in [-0.2, -0.15) is 5.10 Å². The van der Waals surface area contributed by atoms with Crippen LogP contribution in [0.1, 0.15) is 40.3 Å². The van der Waals surface area contributed by atoms with E-state index in [1.165, 1.54) is 0 Å². The van der Waals surface area contributed by atoms with E-state index >= 15 is 0 Å². The van der Waals surface area contributed by atoms with Crippen molar-refractivity contribution < 1.29 is 5.11 Å². The van der Waals surface area contributed by atoms with Gasteiger partial charge in [-0.1, -0.05) is 11.6 Å². The first kappa shape index (κ1) is 14.5. The summed E-state index contributed by atoms with van der Waals surface area (Å²) in [7, 11) is 0. The summed E-state index contributed by atoms with van der Waals surface area (Å²) in [6.45, 7) is 11.0. The fraction of sp³-hybridized carbons (Fsp3) is 0.750. The standard InChI is InChI=1S/C12H22ClN3O/c1-6-16-10(9(13)7-15-16)12(5,17)8-14-11(2,3)4/h7,14,17H,6,8H2,1-5H3. The van der Waals surface area contributed by atoms with E-state index in [-0.39, 0.29) is 5.54 Å². The van der Waals surface area contributed by atoms with Crippen LogP contribution in [0, 0.1) is 0 Å².